The summed E-state index contributed by atoms with van der Waals surface area (Å²) in [5.74, 6) is 0.682. The standard InChI is InChI=1S/C16H23N3O/c1-19-8-2-3-14(12-19)10-18-11-16(20)15-6-4-13(9-17)5-7-15/h4-7,14,16,18,20H,2-3,8,10-12H2,1H3. The first-order valence-electron chi connectivity index (χ1n) is 7.26. The molecule has 2 N–H and O–H groups in total. The number of rotatable bonds is 5. The fraction of sp³-hybridized carbons (Fsp3) is 0.562. The molecule has 1 aliphatic heterocycles. The third kappa shape index (κ3) is 4.31. The highest BCUT2D eigenvalue weighted by molar-refractivity contribution is 5.32. The highest BCUT2D eigenvalue weighted by Gasteiger charge is 2.17. The van der Waals surface area contributed by atoms with E-state index in [9.17, 15) is 5.11 Å². The molecule has 4 heteroatoms. The molecule has 20 heavy (non-hydrogen) atoms. The molecule has 0 bridgehead atoms. The molecule has 1 aromatic rings. The van der Waals surface area contributed by atoms with Gasteiger partial charge in [0.05, 0.1) is 17.7 Å². The predicted octanol–water partition coefficient (Wildman–Crippen LogP) is 1.52. The molecule has 1 aliphatic rings. The maximum atomic E-state index is 10.1. The zero-order valence-corrected chi connectivity index (χ0v) is 12.0. The average molecular weight is 273 g/mol. The molecule has 4 nitrogen and oxygen atoms in total. The Labute approximate surface area is 121 Å². The second-order valence-electron chi connectivity index (χ2n) is 5.68. The average Bonchev–Trinajstić information content (AvgIpc) is 2.47. The molecule has 2 unspecified atom stereocenters. The number of benzene rings is 1. The van der Waals surface area contributed by atoms with Crippen LogP contribution in [-0.4, -0.2) is 43.2 Å². The van der Waals surface area contributed by atoms with E-state index >= 15 is 0 Å². The molecule has 108 valence electrons. The van der Waals surface area contributed by atoms with Crippen LogP contribution in [0.5, 0.6) is 0 Å². The number of hydrogen-bond donors (Lipinski definition) is 2. The molecule has 2 atom stereocenters. The van der Waals surface area contributed by atoms with Gasteiger partial charge in [0, 0.05) is 13.1 Å². The maximum Gasteiger partial charge on any atom is 0.0991 e. The van der Waals surface area contributed by atoms with Crippen molar-refractivity contribution in [1.29, 1.82) is 5.26 Å². The fourth-order valence-electron chi connectivity index (χ4n) is 2.76. The molecule has 0 spiro atoms. The SMILES string of the molecule is CN1CCCC(CNCC(O)c2ccc(C#N)cc2)C1. The monoisotopic (exact) mass is 273 g/mol. The van der Waals surface area contributed by atoms with Gasteiger partial charge < -0.3 is 15.3 Å². The van der Waals surface area contributed by atoms with Crippen LogP contribution >= 0.6 is 0 Å². The van der Waals surface area contributed by atoms with Gasteiger partial charge in [-0.3, -0.25) is 0 Å². The molecule has 0 aliphatic carbocycles. The Morgan fingerprint density at radius 3 is 2.85 bits per heavy atom. The predicted molar refractivity (Wildman–Crippen MR) is 79.2 cm³/mol. The minimum atomic E-state index is -0.510. The maximum absolute atomic E-state index is 10.1. The smallest absolute Gasteiger partial charge is 0.0991 e. The number of nitrogens with one attached hydrogen (secondary N) is 1. The number of nitriles is 1. The first-order valence-corrected chi connectivity index (χ1v) is 7.26. The first-order chi connectivity index (χ1) is 9.69. The fourth-order valence-corrected chi connectivity index (χ4v) is 2.76. The topological polar surface area (TPSA) is 59.3 Å². The Balaban J connectivity index is 1.74. The summed E-state index contributed by atoms with van der Waals surface area (Å²) in [6.07, 6.45) is 2.02. The van der Waals surface area contributed by atoms with Gasteiger partial charge in [-0.1, -0.05) is 12.1 Å². The molecular formula is C16H23N3O. The van der Waals surface area contributed by atoms with E-state index in [-0.39, 0.29) is 0 Å². The lowest BCUT2D eigenvalue weighted by Crippen LogP contribution is -2.38. The van der Waals surface area contributed by atoms with Crippen molar-refractivity contribution >= 4 is 0 Å². The summed E-state index contributed by atoms with van der Waals surface area (Å²) in [6, 6.07) is 9.21. The molecule has 1 saturated heterocycles. The summed E-state index contributed by atoms with van der Waals surface area (Å²) >= 11 is 0. The Morgan fingerprint density at radius 2 is 2.20 bits per heavy atom. The van der Waals surface area contributed by atoms with Crippen molar-refractivity contribution in [2.45, 2.75) is 18.9 Å². The Kier molecular flexibility index (Phi) is 5.54. The van der Waals surface area contributed by atoms with Crippen molar-refractivity contribution < 1.29 is 5.11 Å². The van der Waals surface area contributed by atoms with Crippen molar-refractivity contribution in [2.24, 2.45) is 5.92 Å². The van der Waals surface area contributed by atoms with Crippen LogP contribution in [0.2, 0.25) is 0 Å². The summed E-state index contributed by atoms with van der Waals surface area (Å²) in [6.45, 7) is 3.86. The minimum Gasteiger partial charge on any atom is -0.387 e. The summed E-state index contributed by atoms with van der Waals surface area (Å²) in [5.41, 5.74) is 1.48. The lowest BCUT2D eigenvalue weighted by Gasteiger charge is -2.30. The number of hydrogen-bond acceptors (Lipinski definition) is 4. The van der Waals surface area contributed by atoms with E-state index in [0.29, 0.717) is 18.0 Å². The largest absolute Gasteiger partial charge is 0.387 e. The second-order valence-corrected chi connectivity index (χ2v) is 5.68. The molecule has 1 fully saturated rings. The van der Waals surface area contributed by atoms with E-state index in [4.69, 9.17) is 5.26 Å². The number of nitrogens with zero attached hydrogens (tertiary/aromatic N) is 2. The zero-order chi connectivity index (χ0) is 14.4. The van der Waals surface area contributed by atoms with Gasteiger partial charge >= 0.3 is 0 Å². The highest BCUT2D eigenvalue weighted by atomic mass is 16.3. The molecule has 0 amide bonds. The summed E-state index contributed by atoms with van der Waals surface area (Å²) in [5, 5.41) is 22.2. The van der Waals surface area contributed by atoms with E-state index in [0.717, 1.165) is 18.7 Å². The third-order valence-corrected chi connectivity index (χ3v) is 3.92. The number of likely N-dealkylation sites (tertiary alicyclic amines) is 1. The summed E-state index contributed by atoms with van der Waals surface area (Å²) in [7, 11) is 2.16. The van der Waals surface area contributed by atoms with Gasteiger partial charge in [-0.2, -0.15) is 5.26 Å². The van der Waals surface area contributed by atoms with Crippen LogP contribution in [0.25, 0.3) is 0 Å². The number of piperidine rings is 1. The van der Waals surface area contributed by atoms with Crippen molar-refractivity contribution in [2.75, 3.05) is 33.2 Å². The van der Waals surface area contributed by atoms with Crippen LogP contribution in [0.3, 0.4) is 0 Å². The van der Waals surface area contributed by atoms with Crippen LogP contribution in [0, 0.1) is 17.2 Å². The molecule has 1 aromatic carbocycles. The van der Waals surface area contributed by atoms with E-state index in [1.54, 1.807) is 12.1 Å². The molecular weight excluding hydrogens is 250 g/mol. The molecule has 0 saturated carbocycles. The molecule has 0 radical (unpaired) electrons. The summed E-state index contributed by atoms with van der Waals surface area (Å²) < 4.78 is 0. The van der Waals surface area contributed by atoms with E-state index in [1.807, 2.05) is 12.1 Å². The minimum absolute atomic E-state index is 0.510. The van der Waals surface area contributed by atoms with Gasteiger partial charge in [0.25, 0.3) is 0 Å². The molecule has 1 heterocycles. The van der Waals surface area contributed by atoms with Gasteiger partial charge in [0.1, 0.15) is 0 Å². The Morgan fingerprint density at radius 1 is 1.45 bits per heavy atom. The third-order valence-electron chi connectivity index (χ3n) is 3.92. The quantitative estimate of drug-likeness (QED) is 0.854. The van der Waals surface area contributed by atoms with Crippen molar-refractivity contribution in [1.82, 2.24) is 10.2 Å². The first kappa shape index (κ1) is 15.0. The van der Waals surface area contributed by atoms with Crippen LogP contribution in [0.1, 0.15) is 30.1 Å². The number of aliphatic hydroxyl groups excluding tert-OH is 1. The van der Waals surface area contributed by atoms with Crippen molar-refractivity contribution in [3.05, 3.63) is 35.4 Å². The highest BCUT2D eigenvalue weighted by Crippen LogP contribution is 2.15. The molecule has 2 rings (SSSR count). The van der Waals surface area contributed by atoms with Gasteiger partial charge in [0.2, 0.25) is 0 Å². The van der Waals surface area contributed by atoms with Gasteiger partial charge in [-0.25, -0.2) is 0 Å². The number of aliphatic hydroxyl groups is 1. The Hall–Kier alpha value is -1.41. The zero-order valence-electron chi connectivity index (χ0n) is 12.0. The second kappa shape index (κ2) is 7.39. The van der Waals surface area contributed by atoms with Crippen LogP contribution < -0.4 is 5.32 Å². The van der Waals surface area contributed by atoms with E-state index in [2.05, 4.69) is 23.3 Å². The van der Waals surface area contributed by atoms with E-state index < -0.39 is 6.10 Å². The molecule has 0 aromatic heterocycles. The van der Waals surface area contributed by atoms with Gasteiger partial charge in [-0.15, -0.1) is 0 Å². The van der Waals surface area contributed by atoms with Crippen LogP contribution in [-0.2, 0) is 0 Å². The summed E-state index contributed by atoms with van der Waals surface area (Å²) in [4.78, 5) is 2.37. The Bertz CT molecular complexity index is 452. The lowest BCUT2D eigenvalue weighted by molar-refractivity contribution is 0.163. The van der Waals surface area contributed by atoms with E-state index in [1.165, 1.54) is 19.4 Å². The van der Waals surface area contributed by atoms with Crippen LogP contribution in [0.4, 0.5) is 0 Å². The normalized spacial score (nSPS) is 21.4. The lowest BCUT2D eigenvalue weighted by atomic mass is 9.98. The van der Waals surface area contributed by atoms with Crippen LogP contribution in [0.15, 0.2) is 24.3 Å². The van der Waals surface area contributed by atoms with Gasteiger partial charge in [0.15, 0.2) is 0 Å². The van der Waals surface area contributed by atoms with Gasteiger partial charge in [-0.05, 0) is 56.6 Å². The van der Waals surface area contributed by atoms with Crippen molar-refractivity contribution in [3.8, 4) is 6.07 Å². The van der Waals surface area contributed by atoms with Crippen molar-refractivity contribution in [3.63, 3.8) is 0 Å².